The second-order valence-electron chi connectivity index (χ2n) is 4.59. The Bertz CT molecular complexity index is 552. The van der Waals surface area contributed by atoms with Gasteiger partial charge in [0.15, 0.2) is 0 Å². The maximum Gasteiger partial charge on any atom is 0.242 e. The van der Waals surface area contributed by atoms with E-state index in [0.717, 1.165) is 17.7 Å². The summed E-state index contributed by atoms with van der Waals surface area (Å²) in [5, 5.41) is 3.02. The van der Waals surface area contributed by atoms with Crippen molar-refractivity contribution in [3.05, 3.63) is 14.7 Å². The summed E-state index contributed by atoms with van der Waals surface area (Å²) >= 11 is 6.54. The number of rotatable bonds is 7. The molecule has 0 unspecified atom stereocenters. The van der Waals surface area contributed by atoms with Crippen LogP contribution in [0.25, 0.3) is 0 Å². The Kier molecular flexibility index (Phi) is 5.01. The Morgan fingerprint density at radius 2 is 2.21 bits per heavy atom. The van der Waals surface area contributed by atoms with Gasteiger partial charge in [0.2, 0.25) is 10.0 Å². The van der Waals surface area contributed by atoms with Gasteiger partial charge in [-0.2, -0.15) is 11.8 Å². The molecule has 0 aromatic carbocycles. The number of hydrogen-bond acceptors (Lipinski definition) is 5. The molecule has 108 valence electrons. The lowest BCUT2D eigenvalue weighted by Crippen LogP contribution is -2.31. The zero-order valence-corrected chi connectivity index (χ0v) is 14.9. The van der Waals surface area contributed by atoms with Gasteiger partial charge in [-0.3, -0.25) is 0 Å². The van der Waals surface area contributed by atoms with Gasteiger partial charge >= 0.3 is 0 Å². The molecule has 4 nitrogen and oxygen atoms in total. The first kappa shape index (κ1) is 15.8. The van der Waals surface area contributed by atoms with Crippen molar-refractivity contribution in [2.75, 3.05) is 19.8 Å². The predicted molar refractivity (Wildman–Crippen MR) is 85.5 cm³/mol. The molecule has 19 heavy (non-hydrogen) atoms. The fourth-order valence-electron chi connectivity index (χ4n) is 1.74. The second-order valence-corrected chi connectivity index (χ2v) is 10.1. The van der Waals surface area contributed by atoms with E-state index in [4.69, 9.17) is 0 Å². The van der Waals surface area contributed by atoms with Crippen LogP contribution in [0.2, 0.25) is 0 Å². The fourth-order valence-corrected chi connectivity index (χ4v) is 6.38. The van der Waals surface area contributed by atoms with Crippen LogP contribution in [0.3, 0.4) is 0 Å². The van der Waals surface area contributed by atoms with Gasteiger partial charge in [0.25, 0.3) is 0 Å². The van der Waals surface area contributed by atoms with Crippen LogP contribution in [-0.2, 0) is 16.6 Å². The van der Waals surface area contributed by atoms with Gasteiger partial charge in [-0.25, -0.2) is 13.1 Å². The molecule has 2 N–H and O–H groups in total. The summed E-state index contributed by atoms with van der Waals surface area (Å²) in [6.45, 7) is 1.19. The average molecular weight is 385 g/mol. The SMILES string of the molecule is CNCc1cc(S(=O)(=O)NCC2(SC)CC2)c(Br)s1. The van der Waals surface area contributed by atoms with Crippen LogP contribution in [-0.4, -0.2) is 33.0 Å². The largest absolute Gasteiger partial charge is 0.315 e. The van der Waals surface area contributed by atoms with E-state index in [9.17, 15) is 8.42 Å². The molecule has 1 saturated carbocycles. The van der Waals surface area contributed by atoms with Crippen LogP contribution in [0.1, 0.15) is 17.7 Å². The quantitative estimate of drug-likeness (QED) is 0.757. The van der Waals surface area contributed by atoms with Crippen molar-refractivity contribution in [1.29, 1.82) is 0 Å². The average Bonchev–Trinajstić information content (AvgIpc) is 3.05. The van der Waals surface area contributed by atoms with Gasteiger partial charge in [-0.05, 0) is 48.1 Å². The van der Waals surface area contributed by atoms with Crippen LogP contribution in [0.4, 0.5) is 0 Å². The lowest BCUT2D eigenvalue weighted by atomic mass is 10.4. The molecule has 1 aromatic heterocycles. The Hall–Kier alpha value is 0.400. The van der Waals surface area contributed by atoms with E-state index in [-0.39, 0.29) is 4.75 Å². The molecule has 2 rings (SSSR count). The smallest absolute Gasteiger partial charge is 0.242 e. The summed E-state index contributed by atoms with van der Waals surface area (Å²) in [4.78, 5) is 1.35. The molecule has 1 heterocycles. The summed E-state index contributed by atoms with van der Waals surface area (Å²) in [6, 6.07) is 1.73. The Balaban J connectivity index is 2.10. The molecule has 0 atom stereocenters. The van der Waals surface area contributed by atoms with Crippen molar-refractivity contribution in [3.63, 3.8) is 0 Å². The van der Waals surface area contributed by atoms with Crippen molar-refractivity contribution in [3.8, 4) is 0 Å². The highest BCUT2D eigenvalue weighted by Crippen LogP contribution is 2.46. The minimum absolute atomic E-state index is 0.128. The van der Waals surface area contributed by atoms with Gasteiger partial charge < -0.3 is 5.32 Å². The molecule has 8 heteroatoms. The number of halogens is 1. The third-order valence-corrected chi connectivity index (χ3v) is 8.24. The lowest BCUT2D eigenvalue weighted by molar-refractivity contribution is 0.579. The molecule has 1 aliphatic rings. The first-order valence-electron chi connectivity index (χ1n) is 5.90. The standard InChI is InChI=1S/C11H17BrN2O2S3/c1-13-6-8-5-9(10(12)18-8)19(15,16)14-7-11(17-2)3-4-11/h5,13-14H,3-4,6-7H2,1-2H3. The van der Waals surface area contributed by atoms with E-state index in [1.54, 1.807) is 17.8 Å². The van der Waals surface area contributed by atoms with Gasteiger partial charge in [-0.1, -0.05) is 0 Å². The highest BCUT2D eigenvalue weighted by Gasteiger charge is 2.42. The minimum Gasteiger partial charge on any atom is -0.315 e. The molecule has 1 aliphatic carbocycles. The fraction of sp³-hybridized carbons (Fsp3) is 0.636. The zero-order chi connectivity index (χ0) is 14.1. The van der Waals surface area contributed by atoms with Crippen molar-refractivity contribution in [2.24, 2.45) is 0 Å². The van der Waals surface area contributed by atoms with Crippen molar-refractivity contribution >= 4 is 49.1 Å². The number of nitrogens with one attached hydrogen (secondary N) is 2. The molecule has 0 saturated heterocycles. The number of sulfonamides is 1. The normalized spacial score (nSPS) is 17.6. The van der Waals surface area contributed by atoms with E-state index in [2.05, 4.69) is 26.0 Å². The highest BCUT2D eigenvalue weighted by molar-refractivity contribution is 9.11. The van der Waals surface area contributed by atoms with Crippen LogP contribution in [0.5, 0.6) is 0 Å². The third-order valence-electron chi connectivity index (χ3n) is 3.17. The monoisotopic (exact) mass is 384 g/mol. The second kappa shape index (κ2) is 6.03. The van der Waals surface area contributed by atoms with Crippen LogP contribution >= 0.6 is 39.0 Å². The van der Waals surface area contributed by atoms with Crippen LogP contribution in [0.15, 0.2) is 14.7 Å². The molecule has 0 bridgehead atoms. The lowest BCUT2D eigenvalue weighted by Gasteiger charge is -2.12. The van der Waals surface area contributed by atoms with E-state index in [0.29, 0.717) is 21.8 Å². The highest BCUT2D eigenvalue weighted by atomic mass is 79.9. The van der Waals surface area contributed by atoms with Gasteiger partial charge in [0, 0.05) is 22.7 Å². The zero-order valence-electron chi connectivity index (χ0n) is 10.8. The van der Waals surface area contributed by atoms with Crippen LogP contribution in [0, 0.1) is 0 Å². The molecular formula is C11H17BrN2O2S3. The topological polar surface area (TPSA) is 58.2 Å². The van der Waals surface area contributed by atoms with Crippen molar-refractivity contribution in [1.82, 2.24) is 10.0 Å². The summed E-state index contributed by atoms with van der Waals surface area (Å²) in [5.41, 5.74) is 0. The molecule has 0 aliphatic heterocycles. The maximum absolute atomic E-state index is 12.3. The van der Waals surface area contributed by atoms with E-state index < -0.39 is 10.0 Å². The Labute approximate surface area is 130 Å². The predicted octanol–water partition coefficient (Wildman–Crippen LogP) is 2.40. The molecular weight excluding hydrogens is 368 g/mol. The van der Waals surface area contributed by atoms with E-state index >= 15 is 0 Å². The number of hydrogen-bond donors (Lipinski definition) is 2. The van der Waals surface area contributed by atoms with Crippen LogP contribution < -0.4 is 10.0 Å². The number of thiophene rings is 1. The molecule has 1 aromatic rings. The Morgan fingerprint density at radius 3 is 2.74 bits per heavy atom. The molecule has 0 amide bonds. The summed E-state index contributed by atoms with van der Waals surface area (Å²) in [5.74, 6) is 0. The number of thioether (sulfide) groups is 1. The molecule has 0 radical (unpaired) electrons. The Morgan fingerprint density at radius 1 is 1.53 bits per heavy atom. The first-order valence-corrected chi connectivity index (χ1v) is 10.2. The molecule has 1 fully saturated rings. The third kappa shape index (κ3) is 3.74. The van der Waals surface area contributed by atoms with Crippen molar-refractivity contribution in [2.45, 2.75) is 29.0 Å². The van der Waals surface area contributed by atoms with Gasteiger partial charge in [0.05, 0.1) is 3.79 Å². The maximum atomic E-state index is 12.3. The van der Waals surface area contributed by atoms with Crippen molar-refractivity contribution < 1.29 is 8.42 Å². The van der Waals surface area contributed by atoms with Gasteiger partial charge in [-0.15, -0.1) is 11.3 Å². The molecule has 0 spiro atoms. The van der Waals surface area contributed by atoms with E-state index in [1.165, 1.54) is 11.3 Å². The summed E-state index contributed by atoms with van der Waals surface area (Å²) < 4.78 is 28.1. The first-order chi connectivity index (χ1) is 8.92. The summed E-state index contributed by atoms with van der Waals surface area (Å²) in [6.07, 6.45) is 4.21. The summed E-state index contributed by atoms with van der Waals surface area (Å²) in [7, 11) is -1.58. The minimum atomic E-state index is -3.42. The van der Waals surface area contributed by atoms with E-state index in [1.807, 2.05) is 13.3 Å². The van der Waals surface area contributed by atoms with Gasteiger partial charge in [0.1, 0.15) is 4.90 Å².